The lowest BCUT2D eigenvalue weighted by atomic mass is 9.88. The number of carbonyl (C=O) groups is 1. The zero-order valence-electron chi connectivity index (χ0n) is 12.3. The van der Waals surface area contributed by atoms with Crippen LogP contribution >= 0.6 is 0 Å². The second kappa shape index (κ2) is 5.79. The first-order valence-corrected chi connectivity index (χ1v) is 7.29. The van der Waals surface area contributed by atoms with Gasteiger partial charge in [0.25, 0.3) is 0 Å². The van der Waals surface area contributed by atoms with Crippen LogP contribution in [0.4, 0.5) is 4.39 Å². The first-order valence-electron chi connectivity index (χ1n) is 7.29. The summed E-state index contributed by atoms with van der Waals surface area (Å²) in [6, 6.07) is 9.37. The molecule has 0 bridgehead atoms. The monoisotopic (exact) mass is 300 g/mol. The van der Waals surface area contributed by atoms with Gasteiger partial charge in [-0.15, -0.1) is 0 Å². The minimum absolute atomic E-state index is 0.0697. The van der Waals surface area contributed by atoms with Crippen molar-refractivity contribution >= 4 is 5.78 Å². The predicted octanol–water partition coefficient (Wildman–Crippen LogP) is 3.84. The highest BCUT2D eigenvalue weighted by Crippen LogP contribution is 2.35. The van der Waals surface area contributed by atoms with Gasteiger partial charge in [-0.25, -0.2) is 4.39 Å². The van der Waals surface area contributed by atoms with E-state index < -0.39 is 11.7 Å². The molecule has 1 N–H and O–H groups in total. The van der Waals surface area contributed by atoms with Crippen LogP contribution < -0.4 is 4.74 Å². The van der Waals surface area contributed by atoms with Crippen LogP contribution in [0, 0.1) is 5.82 Å². The SMILES string of the molecule is COc1ccc2c(c1)CCCC(c1ccc(O)cc1F)C2=O. The predicted molar refractivity (Wildman–Crippen MR) is 81.1 cm³/mol. The summed E-state index contributed by atoms with van der Waals surface area (Å²) in [5.74, 6) is -0.515. The highest BCUT2D eigenvalue weighted by atomic mass is 19.1. The van der Waals surface area contributed by atoms with Crippen LogP contribution in [0.25, 0.3) is 0 Å². The molecule has 0 radical (unpaired) electrons. The van der Waals surface area contributed by atoms with E-state index in [4.69, 9.17) is 4.74 Å². The summed E-state index contributed by atoms with van der Waals surface area (Å²) in [5, 5.41) is 9.33. The normalized spacial score (nSPS) is 17.7. The Hall–Kier alpha value is -2.36. The van der Waals surface area contributed by atoms with Crippen LogP contribution in [0.1, 0.15) is 40.2 Å². The average molecular weight is 300 g/mol. The molecular weight excluding hydrogens is 283 g/mol. The average Bonchev–Trinajstić information content (AvgIpc) is 2.66. The van der Waals surface area contributed by atoms with Crippen molar-refractivity contribution < 1.29 is 19.0 Å². The van der Waals surface area contributed by atoms with E-state index >= 15 is 0 Å². The second-order valence-corrected chi connectivity index (χ2v) is 5.54. The maximum atomic E-state index is 14.1. The van der Waals surface area contributed by atoms with Crippen molar-refractivity contribution in [3.63, 3.8) is 0 Å². The molecule has 1 unspecified atom stereocenters. The highest BCUT2D eigenvalue weighted by molar-refractivity contribution is 6.02. The Labute approximate surface area is 128 Å². The standard InChI is InChI=1S/C18H17FO3/c1-22-13-6-8-14-11(9-13)3-2-4-16(18(14)21)15-7-5-12(20)10-17(15)19/h5-10,16,20H,2-4H2,1H3. The third-order valence-corrected chi connectivity index (χ3v) is 4.19. The molecule has 0 heterocycles. The topological polar surface area (TPSA) is 46.5 Å². The van der Waals surface area contributed by atoms with Gasteiger partial charge in [0.1, 0.15) is 17.3 Å². The second-order valence-electron chi connectivity index (χ2n) is 5.54. The van der Waals surface area contributed by atoms with Gasteiger partial charge in [0.15, 0.2) is 5.78 Å². The van der Waals surface area contributed by atoms with Crippen LogP contribution in [-0.2, 0) is 6.42 Å². The van der Waals surface area contributed by atoms with Gasteiger partial charge in [0.2, 0.25) is 0 Å². The summed E-state index contributed by atoms with van der Waals surface area (Å²) in [7, 11) is 1.59. The number of fused-ring (bicyclic) bond motifs is 1. The number of phenols is 1. The van der Waals surface area contributed by atoms with Gasteiger partial charge in [-0.05, 0) is 54.7 Å². The van der Waals surface area contributed by atoms with E-state index in [2.05, 4.69) is 0 Å². The molecule has 0 saturated heterocycles. The smallest absolute Gasteiger partial charge is 0.170 e. The van der Waals surface area contributed by atoms with E-state index in [1.165, 1.54) is 12.1 Å². The summed E-state index contributed by atoms with van der Waals surface area (Å²) in [5.41, 5.74) is 1.94. The number of hydrogen-bond donors (Lipinski definition) is 1. The zero-order valence-corrected chi connectivity index (χ0v) is 12.3. The quantitative estimate of drug-likeness (QED) is 0.857. The summed E-state index contributed by atoms with van der Waals surface area (Å²) >= 11 is 0. The number of carbonyl (C=O) groups excluding carboxylic acids is 1. The molecule has 114 valence electrons. The fraction of sp³-hybridized carbons (Fsp3) is 0.278. The van der Waals surface area contributed by atoms with Crippen molar-refractivity contribution in [1.82, 2.24) is 0 Å². The van der Waals surface area contributed by atoms with Crippen molar-refractivity contribution in [2.45, 2.75) is 25.2 Å². The number of phenolic OH excluding ortho intramolecular Hbond substituents is 1. The van der Waals surface area contributed by atoms with Gasteiger partial charge in [-0.3, -0.25) is 4.79 Å². The Morgan fingerprint density at radius 2 is 2.05 bits per heavy atom. The Morgan fingerprint density at radius 1 is 1.23 bits per heavy atom. The zero-order chi connectivity index (χ0) is 15.7. The van der Waals surface area contributed by atoms with Gasteiger partial charge in [0, 0.05) is 11.6 Å². The molecule has 0 saturated carbocycles. The van der Waals surface area contributed by atoms with Gasteiger partial charge in [-0.2, -0.15) is 0 Å². The largest absolute Gasteiger partial charge is 0.508 e. The fourth-order valence-electron chi connectivity index (χ4n) is 3.06. The van der Waals surface area contributed by atoms with E-state index in [1.54, 1.807) is 19.2 Å². The Morgan fingerprint density at radius 3 is 2.77 bits per heavy atom. The minimum Gasteiger partial charge on any atom is -0.508 e. The molecule has 2 aromatic carbocycles. The molecule has 2 aromatic rings. The molecule has 3 nitrogen and oxygen atoms in total. The fourth-order valence-corrected chi connectivity index (χ4v) is 3.06. The van der Waals surface area contributed by atoms with E-state index in [0.29, 0.717) is 17.5 Å². The summed E-state index contributed by atoms with van der Waals surface area (Å²) in [6.45, 7) is 0. The maximum Gasteiger partial charge on any atom is 0.170 e. The molecule has 1 aliphatic carbocycles. The highest BCUT2D eigenvalue weighted by Gasteiger charge is 2.29. The Kier molecular flexibility index (Phi) is 3.84. The summed E-state index contributed by atoms with van der Waals surface area (Å²) in [4.78, 5) is 12.8. The van der Waals surface area contributed by atoms with Gasteiger partial charge in [-0.1, -0.05) is 6.07 Å². The van der Waals surface area contributed by atoms with Gasteiger partial charge < -0.3 is 9.84 Å². The van der Waals surface area contributed by atoms with Gasteiger partial charge in [0.05, 0.1) is 13.0 Å². The van der Waals surface area contributed by atoms with Crippen molar-refractivity contribution in [1.29, 1.82) is 0 Å². The molecule has 22 heavy (non-hydrogen) atoms. The maximum absolute atomic E-state index is 14.1. The van der Waals surface area contributed by atoms with Crippen LogP contribution in [0.5, 0.6) is 11.5 Å². The van der Waals surface area contributed by atoms with E-state index in [-0.39, 0.29) is 11.5 Å². The molecule has 1 aliphatic rings. The molecule has 1 atom stereocenters. The Bertz CT molecular complexity index is 724. The molecule has 0 aromatic heterocycles. The number of aromatic hydroxyl groups is 1. The number of Topliss-reactive ketones (excluding diaryl/α,β-unsaturated/α-hetero) is 1. The molecule has 4 heteroatoms. The van der Waals surface area contributed by atoms with E-state index in [1.807, 2.05) is 6.07 Å². The number of benzene rings is 2. The number of rotatable bonds is 2. The summed E-state index contributed by atoms with van der Waals surface area (Å²) < 4.78 is 19.3. The first-order chi connectivity index (χ1) is 10.6. The number of methoxy groups -OCH3 is 1. The van der Waals surface area contributed by atoms with Crippen molar-refractivity contribution in [2.75, 3.05) is 7.11 Å². The minimum atomic E-state index is -0.532. The lowest BCUT2D eigenvalue weighted by molar-refractivity contribution is 0.0955. The molecule has 0 aliphatic heterocycles. The number of ether oxygens (including phenoxy) is 1. The van der Waals surface area contributed by atoms with E-state index in [0.717, 1.165) is 30.2 Å². The van der Waals surface area contributed by atoms with Gasteiger partial charge >= 0.3 is 0 Å². The molecular formula is C18H17FO3. The molecule has 0 amide bonds. The van der Waals surface area contributed by atoms with Crippen LogP contribution in [0.2, 0.25) is 0 Å². The Balaban J connectivity index is 2.02. The third kappa shape index (κ3) is 2.56. The number of halogens is 1. The lowest BCUT2D eigenvalue weighted by Crippen LogP contribution is -2.13. The number of hydrogen-bond acceptors (Lipinski definition) is 3. The van der Waals surface area contributed by atoms with Crippen molar-refractivity contribution in [3.05, 3.63) is 58.9 Å². The van der Waals surface area contributed by atoms with E-state index in [9.17, 15) is 14.3 Å². The number of aryl methyl sites for hydroxylation is 1. The van der Waals surface area contributed by atoms with Crippen molar-refractivity contribution in [2.24, 2.45) is 0 Å². The van der Waals surface area contributed by atoms with Crippen LogP contribution in [-0.4, -0.2) is 18.0 Å². The summed E-state index contributed by atoms with van der Waals surface area (Å²) in [6.07, 6.45) is 2.17. The first kappa shape index (κ1) is 14.6. The molecule has 0 spiro atoms. The molecule has 3 rings (SSSR count). The van der Waals surface area contributed by atoms with Crippen LogP contribution in [0.3, 0.4) is 0 Å². The molecule has 0 fully saturated rings. The number of ketones is 1. The van der Waals surface area contributed by atoms with Crippen LogP contribution in [0.15, 0.2) is 36.4 Å². The van der Waals surface area contributed by atoms with Crippen molar-refractivity contribution in [3.8, 4) is 11.5 Å². The lowest BCUT2D eigenvalue weighted by Gasteiger charge is -2.15. The third-order valence-electron chi connectivity index (χ3n) is 4.19.